The van der Waals surface area contributed by atoms with E-state index in [1.54, 1.807) is 12.3 Å². The van der Waals surface area contributed by atoms with E-state index in [2.05, 4.69) is 20.6 Å². The number of amides is 2. The Labute approximate surface area is 103 Å². The van der Waals surface area contributed by atoms with Crippen molar-refractivity contribution in [2.75, 3.05) is 19.8 Å². The molecule has 98 valence electrons. The molecule has 1 aromatic heterocycles. The van der Waals surface area contributed by atoms with Crippen LogP contribution in [-0.2, 0) is 16.1 Å². The van der Waals surface area contributed by atoms with Crippen LogP contribution < -0.4 is 10.6 Å². The highest BCUT2D eigenvalue weighted by Crippen LogP contribution is 1.88. The van der Waals surface area contributed by atoms with E-state index in [1.165, 1.54) is 6.33 Å². The predicted molar refractivity (Wildman–Crippen MR) is 60.7 cm³/mol. The average Bonchev–Trinajstić information content (AvgIpc) is 2.37. The molecule has 0 atom stereocenters. The number of hydrogen-bond acceptors (Lipinski definition) is 5. The maximum Gasteiger partial charge on any atom is 0.329 e. The number of carbonyl (C=O) groups is 2. The summed E-state index contributed by atoms with van der Waals surface area (Å²) in [5.74, 6) is -1.04. The van der Waals surface area contributed by atoms with Crippen molar-refractivity contribution in [3.8, 4) is 0 Å². The topological polar surface area (TPSA) is 113 Å². The molecule has 1 aromatic rings. The van der Waals surface area contributed by atoms with Gasteiger partial charge in [-0.25, -0.2) is 19.6 Å². The van der Waals surface area contributed by atoms with Crippen molar-refractivity contribution in [3.05, 3.63) is 24.3 Å². The molecule has 0 aliphatic carbocycles. The highest BCUT2D eigenvalue weighted by atomic mass is 16.5. The minimum Gasteiger partial charge on any atom is -0.480 e. The van der Waals surface area contributed by atoms with Crippen LogP contribution in [-0.4, -0.2) is 46.8 Å². The van der Waals surface area contributed by atoms with E-state index >= 15 is 0 Å². The maximum absolute atomic E-state index is 11.3. The highest BCUT2D eigenvalue weighted by molar-refractivity contribution is 5.73. The zero-order valence-corrected chi connectivity index (χ0v) is 9.63. The van der Waals surface area contributed by atoms with Gasteiger partial charge in [0.2, 0.25) is 0 Å². The summed E-state index contributed by atoms with van der Waals surface area (Å²) in [6.07, 6.45) is 2.98. The number of nitrogens with one attached hydrogen (secondary N) is 2. The number of aromatic nitrogens is 2. The first-order valence-electron chi connectivity index (χ1n) is 5.24. The fraction of sp³-hybridized carbons (Fsp3) is 0.400. The van der Waals surface area contributed by atoms with E-state index < -0.39 is 5.97 Å². The van der Waals surface area contributed by atoms with Gasteiger partial charge in [0.25, 0.3) is 0 Å². The van der Waals surface area contributed by atoms with E-state index in [-0.39, 0.29) is 25.8 Å². The number of nitrogens with zero attached hydrogens (tertiary/aromatic N) is 2. The van der Waals surface area contributed by atoms with Crippen LogP contribution in [0.3, 0.4) is 0 Å². The van der Waals surface area contributed by atoms with Gasteiger partial charge in [0, 0.05) is 12.7 Å². The minimum absolute atomic E-state index is 0.146. The summed E-state index contributed by atoms with van der Waals surface area (Å²) in [7, 11) is 0. The molecule has 0 saturated heterocycles. The van der Waals surface area contributed by atoms with E-state index in [9.17, 15) is 9.59 Å². The van der Waals surface area contributed by atoms with Crippen molar-refractivity contribution < 1.29 is 19.4 Å². The van der Waals surface area contributed by atoms with E-state index in [0.29, 0.717) is 12.2 Å². The summed E-state index contributed by atoms with van der Waals surface area (Å²) in [6.45, 7) is 0.310. The van der Waals surface area contributed by atoms with E-state index in [1.807, 2.05) is 0 Å². The second kappa shape index (κ2) is 7.96. The van der Waals surface area contributed by atoms with Gasteiger partial charge in [-0.1, -0.05) is 0 Å². The molecule has 0 aliphatic rings. The molecule has 1 rings (SSSR count). The predicted octanol–water partition coefficient (Wildman–Crippen LogP) is -0.623. The lowest BCUT2D eigenvalue weighted by atomic mass is 10.4. The van der Waals surface area contributed by atoms with Gasteiger partial charge in [0.05, 0.1) is 18.8 Å². The van der Waals surface area contributed by atoms with Crippen LogP contribution in [0.15, 0.2) is 18.6 Å². The number of ether oxygens (including phenoxy) is 1. The molecule has 2 amide bonds. The molecular weight excluding hydrogens is 240 g/mol. The number of carboxylic acids is 1. The van der Waals surface area contributed by atoms with Gasteiger partial charge in [-0.2, -0.15) is 0 Å². The number of aliphatic carboxylic acids is 1. The third-order valence-electron chi connectivity index (χ3n) is 1.83. The van der Waals surface area contributed by atoms with Crippen LogP contribution in [0, 0.1) is 0 Å². The van der Waals surface area contributed by atoms with Crippen LogP contribution in [0.25, 0.3) is 0 Å². The zero-order valence-electron chi connectivity index (χ0n) is 9.63. The number of carbonyl (C=O) groups excluding carboxylic acids is 1. The molecule has 0 fully saturated rings. The highest BCUT2D eigenvalue weighted by Gasteiger charge is 2.01. The van der Waals surface area contributed by atoms with Crippen molar-refractivity contribution in [2.45, 2.75) is 6.54 Å². The molecule has 0 aliphatic heterocycles. The molecule has 0 aromatic carbocycles. The first-order valence-corrected chi connectivity index (χ1v) is 5.24. The largest absolute Gasteiger partial charge is 0.480 e. The van der Waals surface area contributed by atoms with Crippen molar-refractivity contribution >= 4 is 12.0 Å². The summed E-state index contributed by atoms with van der Waals surface area (Å²) < 4.78 is 4.75. The lowest BCUT2D eigenvalue weighted by Crippen LogP contribution is -2.37. The van der Waals surface area contributed by atoms with Gasteiger partial charge < -0.3 is 20.5 Å². The molecule has 8 heteroatoms. The number of hydrogen-bond donors (Lipinski definition) is 3. The zero-order chi connectivity index (χ0) is 13.2. The maximum atomic E-state index is 11.3. The van der Waals surface area contributed by atoms with Crippen molar-refractivity contribution in [3.63, 3.8) is 0 Å². The summed E-state index contributed by atoms with van der Waals surface area (Å²) >= 11 is 0. The summed E-state index contributed by atoms with van der Waals surface area (Å²) in [4.78, 5) is 29.1. The molecule has 0 saturated carbocycles. The van der Waals surface area contributed by atoms with Gasteiger partial charge in [-0.3, -0.25) is 0 Å². The Morgan fingerprint density at radius 1 is 1.39 bits per heavy atom. The molecule has 3 N–H and O–H groups in total. The SMILES string of the molecule is O=C(O)COCCNC(=O)NCc1ccncn1. The van der Waals surface area contributed by atoms with Gasteiger partial charge in [-0.05, 0) is 6.07 Å². The van der Waals surface area contributed by atoms with Crippen molar-refractivity contribution in [1.29, 1.82) is 0 Å². The fourth-order valence-corrected chi connectivity index (χ4v) is 1.05. The van der Waals surface area contributed by atoms with Crippen molar-refractivity contribution in [1.82, 2.24) is 20.6 Å². The number of urea groups is 1. The standard InChI is InChI=1S/C10H14N4O4/c15-9(16)6-18-4-3-12-10(17)13-5-8-1-2-11-7-14-8/h1-2,7H,3-6H2,(H,15,16)(H2,12,13,17). The first kappa shape index (κ1) is 13.8. The third-order valence-corrected chi connectivity index (χ3v) is 1.83. The normalized spacial score (nSPS) is 9.78. The molecule has 0 radical (unpaired) electrons. The second-order valence-corrected chi connectivity index (χ2v) is 3.26. The molecule has 8 nitrogen and oxygen atoms in total. The Balaban J connectivity index is 2.06. The van der Waals surface area contributed by atoms with Gasteiger partial charge in [-0.15, -0.1) is 0 Å². The third kappa shape index (κ3) is 6.38. The van der Waals surface area contributed by atoms with Crippen LogP contribution in [0.1, 0.15) is 5.69 Å². The Morgan fingerprint density at radius 3 is 2.89 bits per heavy atom. The Morgan fingerprint density at radius 2 is 2.22 bits per heavy atom. The quantitative estimate of drug-likeness (QED) is 0.559. The van der Waals surface area contributed by atoms with Crippen molar-refractivity contribution in [2.24, 2.45) is 0 Å². The van der Waals surface area contributed by atoms with Crippen LogP contribution in [0.2, 0.25) is 0 Å². The Kier molecular flexibility index (Phi) is 6.12. The van der Waals surface area contributed by atoms with Crippen LogP contribution in [0.4, 0.5) is 4.79 Å². The Bertz CT molecular complexity index is 385. The van der Waals surface area contributed by atoms with Gasteiger partial charge in [0.1, 0.15) is 12.9 Å². The van der Waals surface area contributed by atoms with E-state index in [4.69, 9.17) is 9.84 Å². The lowest BCUT2D eigenvalue weighted by Gasteiger charge is -2.06. The number of carboxylic acid groups (broad SMARTS) is 1. The van der Waals surface area contributed by atoms with E-state index in [0.717, 1.165) is 0 Å². The molecule has 0 unspecified atom stereocenters. The first-order chi connectivity index (χ1) is 8.68. The summed E-state index contributed by atoms with van der Waals surface area (Å²) in [6, 6.07) is 1.32. The summed E-state index contributed by atoms with van der Waals surface area (Å²) in [5.41, 5.74) is 0.697. The number of rotatable bonds is 7. The monoisotopic (exact) mass is 254 g/mol. The summed E-state index contributed by atoms with van der Waals surface area (Å²) in [5, 5.41) is 13.4. The Hall–Kier alpha value is -2.22. The fourth-order valence-electron chi connectivity index (χ4n) is 1.05. The van der Waals surface area contributed by atoms with Gasteiger partial charge >= 0.3 is 12.0 Å². The molecule has 0 bridgehead atoms. The smallest absolute Gasteiger partial charge is 0.329 e. The molecule has 0 spiro atoms. The molecule has 1 heterocycles. The molecular formula is C10H14N4O4. The van der Waals surface area contributed by atoms with Crippen LogP contribution in [0.5, 0.6) is 0 Å². The van der Waals surface area contributed by atoms with Gasteiger partial charge in [0.15, 0.2) is 0 Å². The lowest BCUT2D eigenvalue weighted by molar-refractivity contribution is -0.142. The second-order valence-electron chi connectivity index (χ2n) is 3.26. The minimum atomic E-state index is -1.04. The van der Waals surface area contributed by atoms with Crippen LogP contribution >= 0.6 is 0 Å². The average molecular weight is 254 g/mol. The molecule has 18 heavy (non-hydrogen) atoms.